The van der Waals surface area contributed by atoms with Crippen molar-refractivity contribution in [2.75, 3.05) is 32.9 Å². The Hall–Kier alpha value is -2.28. The molecule has 1 unspecified atom stereocenters. The molecular formula is C25H32N4O4S. The van der Waals surface area contributed by atoms with Crippen molar-refractivity contribution in [1.82, 2.24) is 14.9 Å². The minimum absolute atomic E-state index is 0.114. The summed E-state index contributed by atoms with van der Waals surface area (Å²) in [6.45, 7) is 5.78. The number of hydrogen-bond donors (Lipinski definition) is 0. The number of carbonyl (C=O) groups excluding carboxylic acids is 1. The van der Waals surface area contributed by atoms with Gasteiger partial charge in [0.1, 0.15) is 23.2 Å². The maximum Gasteiger partial charge on any atom is 0.323 e. The molecule has 8 nitrogen and oxygen atoms in total. The lowest BCUT2D eigenvalue weighted by Gasteiger charge is -2.38. The smallest absolute Gasteiger partial charge is 0.323 e. The Morgan fingerprint density at radius 1 is 1.26 bits per heavy atom. The third-order valence-corrected chi connectivity index (χ3v) is 8.60. The van der Waals surface area contributed by atoms with Gasteiger partial charge in [0.15, 0.2) is 0 Å². The fourth-order valence-corrected chi connectivity index (χ4v) is 6.95. The summed E-state index contributed by atoms with van der Waals surface area (Å²) in [5, 5.41) is 10.6. The van der Waals surface area contributed by atoms with Crippen LogP contribution in [-0.4, -0.2) is 65.9 Å². The van der Waals surface area contributed by atoms with Crippen LogP contribution in [0.4, 0.5) is 0 Å². The lowest BCUT2D eigenvalue weighted by atomic mass is 9.90. The predicted molar refractivity (Wildman–Crippen MR) is 128 cm³/mol. The van der Waals surface area contributed by atoms with E-state index in [4.69, 9.17) is 14.2 Å². The highest BCUT2D eigenvalue weighted by molar-refractivity contribution is 7.19. The van der Waals surface area contributed by atoms with E-state index in [0.717, 1.165) is 75.0 Å². The van der Waals surface area contributed by atoms with E-state index in [0.29, 0.717) is 18.3 Å². The van der Waals surface area contributed by atoms with Gasteiger partial charge in [0.05, 0.1) is 31.3 Å². The van der Waals surface area contributed by atoms with Crippen molar-refractivity contribution < 1.29 is 19.0 Å². The molecule has 2 fully saturated rings. The zero-order valence-electron chi connectivity index (χ0n) is 19.7. The number of hydrogen-bond acceptors (Lipinski definition) is 9. The molecule has 5 rings (SSSR count). The van der Waals surface area contributed by atoms with Crippen LogP contribution in [0, 0.1) is 17.2 Å². The van der Waals surface area contributed by atoms with Crippen molar-refractivity contribution in [3.8, 4) is 11.9 Å². The monoisotopic (exact) mass is 484 g/mol. The topological polar surface area (TPSA) is 97.6 Å². The molecule has 2 atom stereocenters. The molecule has 0 N–H and O–H groups in total. The largest absolute Gasteiger partial charge is 0.474 e. The maximum atomic E-state index is 12.2. The quantitative estimate of drug-likeness (QED) is 0.547. The Balaban J connectivity index is 1.31. The molecule has 2 aliphatic carbocycles. The van der Waals surface area contributed by atoms with Crippen LogP contribution >= 0.6 is 11.3 Å². The molecule has 3 aliphatic rings. The summed E-state index contributed by atoms with van der Waals surface area (Å²) >= 11 is 1.69. The molecule has 0 bridgehead atoms. The first kappa shape index (κ1) is 23.5. The predicted octanol–water partition coefficient (Wildman–Crippen LogP) is 3.84. The number of rotatable bonds is 7. The number of fused-ring (bicyclic) bond motifs is 3. The molecule has 182 valence electrons. The molecule has 1 saturated carbocycles. The van der Waals surface area contributed by atoms with Crippen LogP contribution in [0.1, 0.15) is 61.8 Å². The van der Waals surface area contributed by atoms with Gasteiger partial charge in [0, 0.05) is 24.0 Å². The number of carbonyl (C=O) groups is 1. The highest BCUT2D eigenvalue weighted by Crippen LogP contribution is 2.48. The Bertz CT molecular complexity index is 1050. The number of esters is 1. The molecule has 1 saturated heterocycles. The third kappa shape index (κ3) is 4.77. The molecule has 0 aromatic carbocycles. The van der Waals surface area contributed by atoms with Gasteiger partial charge in [-0.05, 0) is 63.4 Å². The second-order valence-electron chi connectivity index (χ2n) is 9.40. The van der Waals surface area contributed by atoms with E-state index in [1.54, 1.807) is 24.6 Å². The number of nitriles is 1. The minimum Gasteiger partial charge on any atom is -0.474 e. The average Bonchev–Trinajstić information content (AvgIpc) is 3.43. The van der Waals surface area contributed by atoms with Crippen LogP contribution in [0.5, 0.6) is 5.88 Å². The van der Waals surface area contributed by atoms with Crippen LogP contribution in [0.3, 0.4) is 0 Å². The average molecular weight is 485 g/mol. The summed E-state index contributed by atoms with van der Waals surface area (Å²) in [6.07, 6.45) is 8.36. The normalized spacial score (nSPS) is 26.1. The highest BCUT2D eigenvalue weighted by atomic mass is 32.1. The van der Waals surface area contributed by atoms with E-state index in [1.807, 2.05) is 0 Å². The summed E-state index contributed by atoms with van der Waals surface area (Å²) in [7, 11) is 0. The van der Waals surface area contributed by atoms with Gasteiger partial charge in [-0.3, -0.25) is 9.69 Å². The lowest BCUT2D eigenvalue weighted by Crippen LogP contribution is -2.46. The van der Waals surface area contributed by atoms with Crippen LogP contribution in [-0.2, 0) is 20.7 Å². The number of thiophene rings is 1. The Morgan fingerprint density at radius 2 is 2.06 bits per heavy atom. The van der Waals surface area contributed by atoms with Crippen LogP contribution in [0.15, 0.2) is 6.33 Å². The fraction of sp³-hybridized carbons (Fsp3) is 0.680. The number of nitrogens with zero attached hydrogens (tertiary/aromatic N) is 4. The van der Waals surface area contributed by atoms with E-state index in [1.165, 1.54) is 10.4 Å². The van der Waals surface area contributed by atoms with Crippen molar-refractivity contribution in [3.63, 3.8) is 0 Å². The Kier molecular flexibility index (Phi) is 7.28. The molecule has 9 heteroatoms. The van der Waals surface area contributed by atoms with Gasteiger partial charge in [-0.25, -0.2) is 9.97 Å². The SMILES string of the molecule is CCOC(=O)C(C#N)C[C@H]1CCc2sc3ncnc(OC4CCC(N5CCOCC5)CC4)c3c21. The molecule has 1 aliphatic heterocycles. The van der Waals surface area contributed by atoms with Gasteiger partial charge >= 0.3 is 5.97 Å². The van der Waals surface area contributed by atoms with E-state index in [9.17, 15) is 10.1 Å². The second-order valence-corrected chi connectivity index (χ2v) is 10.5. The van der Waals surface area contributed by atoms with Gasteiger partial charge < -0.3 is 14.2 Å². The van der Waals surface area contributed by atoms with Gasteiger partial charge in [-0.1, -0.05) is 0 Å². The summed E-state index contributed by atoms with van der Waals surface area (Å²) in [5.74, 6) is -0.407. The molecular weight excluding hydrogens is 452 g/mol. The van der Waals surface area contributed by atoms with Crippen molar-refractivity contribution >= 4 is 27.5 Å². The molecule has 0 radical (unpaired) electrons. The van der Waals surface area contributed by atoms with E-state index < -0.39 is 11.9 Å². The van der Waals surface area contributed by atoms with E-state index in [-0.39, 0.29) is 18.6 Å². The first-order valence-electron chi connectivity index (χ1n) is 12.5. The highest BCUT2D eigenvalue weighted by Gasteiger charge is 2.35. The van der Waals surface area contributed by atoms with Crippen LogP contribution in [0.25, 0.3) is 10.2 Å². The first-order valence-corrected chi connectivity index (χ1v) is 13.3. The van der Waals surface area contributed by atoms with Crippen molar-refractivity contribution in [2.24, 2.45) is 5.92 Å². The zero-order valence-corrected chi connectivity index (χ0v) is 20.5. The summed E-state index contributed by atoms with van der Waals surface area (Å²) in [4.78, 5) is 26.1. The Morgan fingerprint density at radius 3 is 2.79 bits per heavy atom. The summed E-state index contributed by atoms with van der Waals surface area (Å²) in [5.41, 5.74) is 1.18. The summed E-state index contributed by atoms with van der Waals surface area (Å²) < 4.78 is 17.1. The van der Waals surface area contributed by atoms with Gasteiger partial charge in [0.2, 0.25) is 5.88 Å². The van der Waals surface area contributed by atoms with Gasteiger partial charge in [-0.15, -0.1) is 11.3 Å². The van der Waals surface area contributed by atoms with Gasteiger partial charge in [0.25, 0.3) is 0 Å². The minimum atomic E-state index is -0.754. The first-order chi connectivity index (χ1) is 16.7. The molecule has 34 heavy (non-hydrogen) atoms. The summed E-state index contributed by atoms with van der Waals surface area (Å²) in [6, 6.07) is 2.77. The molecule has 2 aromatic rings. The molecule has 2 aromatic heterocycles. The van der Waals surface area contributed by atoms with Gasteiger partial charge in [-0.2, -0.15) is 5.26 Å². The van der Waals surface area contributed by atoms with Crippen LogP contribution < -0.4 is 4.74 Å². The molecule has 3 heterocycles. The van der Waals surface area contributed by atoms with Crippen molar-refractivity contribution in [2.45, 2.75) is 69.9 Å². The van der Waals surface area contributed by atoms with Crippen molar-refractivity contribution in [3.05, 3.63) is 16.8 Å². The Labute approximate surface area is 204 Å². The maximum absolute atomic E-state index is 12.2. The number of aryl methyl sites for hydroxylation is 1. The molecule has 0 amide bonds. The van der Waals surface area contributed by atoms with Crippen LogP contribution in [0.2, 0.25) is 0 Å². The zero-order chi connectivity index (χ0) is 23.5. The number of morpholine rings is 1. The fourth-order valence-electron chi connectivity index (χ4n) is 5.72. The van der Waals surface area contributed by atoms with E-state index in [2.05, 4.69) is 20.9 Å². The van der Waals surface area contributed by atoms with Crippen molar-refractivity contribution in [1.29, 1.82) is 5.26 Å². The lowest BCUT2D eigenvalue weighted by molar-refractivity contribution is -0.146. The third-order valence-electron chi connectivity index (χ3n) is 7.43. The number of aromatic nitrogens is 2. The number of ether oxygens (including phenoxy) is 3. The molecule has 0 spiro atoms. The van der Waals surface area contributed by atoms with E-state index >= 15 is 0 Å². The standard InChI is InChI=1S/C25H32N4O4S/c1-2-32-25(30)17(14-26)13-16-3-8-20-21(16)22-23(27-15-28-24(22)34-20)33-19-6-4-18(5-7-19)29-9-11-31-12-10-29/h15-19H,2-13H2,1H3/t16-,17?,18?,19?/m1/s1. The second kappa shape index (κ2) is 10.5.